The number of carbonyl (C=O) groups is 1. The molecule has 0 saturated carbocycles. The van der Waals surface area contributed by atoms with Crippen molar-refractivity contribution in [3.05, 3.63) is 41.5 Å². The van der Waals surface area contributed by atoms with Gasteiger partial charge >= 0.3 is 0 Å². The fourth-order valence-electron chi connectivity index (χ4n) is 2.61. The smallest absolute Gasteiger partial charge is 0.227 e. The zero-order valence-corrected chi connectivity index (χ0v) is 16.6. The minimum atomic E-state index is -0.236. The Morgan fingerprint density at radius 3 is 2.78 bits per heavy atom. The number of aromatic nitrogens is 2. The van der Waals surface area contributed by atoms with Crippen molar-refractivity contribution >= 4 is 5.91 Å². The average Bonchev–Trinajstić information content (AvgIpc) is 3.15. The SMILES string of the molecule is COc1cccc([C@@H](CNC(=O)CCc2nc([C@@H](C)OC)no2)N(C)C)c1. The van der Waals surface area contributed by atoms with Crippen molar-refractivity contribution in [2.45, 2.75) is 31.9 Å². The summed E-state index contributed by atoms with van der Waals surface area (Å²) in [5, 5.41) is 6.83. The Bertz CT molecular complexity index is 732. The van der Waals surface area contributed by atoms with Crippen LogP contribution in [0.3, 0.4) is 0 Å². The molecule has 0 aliphatic rings. The molecule has 0 spiro atoms. The van der Waals surface area contributed by atoms with Gasteiger partial charge in [0, 0.05) is 26.5 Å². The molecule has 0 saturated heterocycles. The number of nitrogens with zero attached hydrogens (tertiary/aromatic N) is 3. The normalized spacial score (nSPS) is 13.4. The van der Waals surface area contributed by atoms with E-state index in [1.54, 1.807) is 14.2 Å². The number of amides is 1. The lowest BCUT2D eigenvalue weighted by Crippen LogP contribution is -2.34. The summed E-state index contributed by atoms with van der Waals surface area (Å²) in [4.78, 5) is 18.5. The van der Waals surface area contributed by atoms with E-state index in [2.05, 4.69) is 20.4 Å². The minimum absolute atomic E-state index is 0.0432. The van der Waals surface area contributed by atoms with Crippen LogP contribution in [0.15, 0.2) is 28.8 Å². The largest absolute Gasteiger partial charge is 0.497 e. The van der Waals surface area contributed by atoms with Gasteiger partial charge < -0.3 is 24.2 Å². The molecule has 2 atom stereocenters. The highest BCUT2D eigenvalue weighted by atomic mass is 16.5. The first-order valence-electron chi connectivity index (χ1n) is 8.87. The second-order valence-corrected chi connectivity index (χ2v) is 6.48. The molecular weight excluding hydrogens is 348 g/mol. The van der Waals surface area contributed by atoms with Crippen LogP contribution < -0.4 is 10.1 Å². The Labute approximate surface area is 159 Å². The molecule has 1 aromatic heterocycles. The molecule has 1 heterocycles. The van der Waals surface area contributed by atoms with Gasteiger partial charge in [0.2, 0.25) is 11.8 Å². The molecule has 0 aliphatic heterocycles. The summed E-state index contributed by atoms with van der Waals surface area (Å²) in [5.74, 6) is 1.65. The molecule has 0 aliphatic carbocycles. The predicted molar refractivity (Wildman–Crippen MR) is 100 cm³/mol. The van der Waals surface area contributed by atoms with Crippen LogP contribution in [0.4, 0.5) is 0 Å². The molecule has 2 aromatic rings. The van der Waals surface area contributed by atoms with Crippen molar-refractivity contribution in [1.29, 1.82) is 0 Å². The molecule has 2 rings (SSSR count). The van der Waals surface area contributed by atoms with Crippen LogP contribution in [-0.2, 0) is 16.0 Å². The highest BCUT2D eigenvalue weighted by molar-refractivity contribution is 5.76. The van der Waals surface area contributed by atoms with Crippen molar-refractivity contribution in [2.24, 2.45) is 0 Å². The molecule has 8 nitrogen and oxygen atoms in total. The van der Waals surface area contributed by atoms with Gasteiger partial charge in [0.1, 0.15) is 11.9 Å². The first kappa shape index (κ1) is 20.9. The molecule has 0 radical (unpaired) electrons. The number of hydrogen-bond donors (Lipinski definition) is 1. The number of rotatable bonds is 10. The molecule has 8 heteroatoms. The Balaban J connectivity index is 1.87. The number of nitrogens with one attached hydrogen (secondary N) is 1. The van der Waals surface area contributed by atoms with Gasteiger partial charge in [-0.15, -0.1) is 0 Å². The van der Waals surface area contributed by atoms with Crippen LogP contribution in [0.25, 0.3) is 0 Å². The average molecular weight is 376 g/mol. The third-order valence-corrected chi connectivity index (χ3v) is 4.36. The maximum atomic E-state index is 12.2. The first-order valence-corrected chi connectivity index (χ1v) is 8.87. The van der Waals surface area contributed by atoms with Crippen LogP contribution in [0, 0.1) is 0 Å². The molecule has 1 N–H and O–H groups in total. The van der Waals surface area contributed by atoms with Gasteiger partial charge in [0.25, 0.3) is 0 Å². The van der Waals surface area contributed by atoms with E-state index in [4.69, 9.17) is 14.0 Å². The summed E-state index contributed by atoms with van der Waals surface area (Å²) >= 11 is 0. The van der Waals surface area contributed by atoms with E-state index in [1.807, 2.05) is 45.3 Å². The summed E-state index contributed by atoms with van der Waals surface area (Å²) in [7, 11) is 7.18. The summed E-state index contributed by atoms with van der Waals surface area (Å²) in [6, 6.07) is 7.89. The topological polar surface area (TPSA) is 89.7 Å². The van der Waals surface area contributed by atoms with E-state index in [-0.39, 0.29) is 24.5 Å². The van der Waals surface area contributed by atoms with E-state index < -0.39 is 0 Å². The quantitative estimate of drug-likeness (QED) is 0.679. The fourth-order valence-corrected chi connectivity index (χ4v) is 2.61. The van der Waals surface area contributed by atoms with E-state index in [1.165, 1.54) is 0 Å². The minimum Gasteiger partial charge on any atom is -0.497 e. The monoisotopic (exact) mass is 376 g/mol. The molecule has 0 fully saturated rings. The molecule has 27 heavy (non-hydrogen) atoms. The number of methoxy groups -OCH3 is 2. The second-order valence-electron chi connectivity index (χ2n) is 6.48. The highest BCUT2D eigenvalue weighted by Gasteiger charge is 2.17. The van der Waals surface area contributed by atoms with Crippen molar-refractivity contribution in [3.63, 3.8) is 0 Å². The maximum Gasteiger partial charge on any atom is 0.227 e. The first-order chi connectivity index (χ1) is 12.9. The zero-order valence-electron chi connectivity index (χ0n) is 16.6. The fraction of sp³-hybridized carbons (Fsp3) is 0.526. The van der Waals surface area contributed by atoms with Crippen molar-refractivity contribution in [1.82, 2.24) is 20.4 Å². The molecule has 0 bridgehead atoms. The van der Waals surface area contributed by atoms with Gasteiger partial charge in [0.05, 0.1) is 13.2 Å². The summed E-state index contributed by atoms with van der Waals surface area (Å²) in [6.07, 6.45) is 0.433. The number of likely N-dealkylation sites (N-methyl/N-ethyl adjacent to an activating group) is 1. The van der Waals surface area contributed by atoms with E-state index in [9.17, 15) is 4.79 Å². The Morgan fingerprint density at radius 1 is 1.33 bits per heavy atom. The van der Waals surface area contributed by atoms with Gasteiger partial charge in [-0.05, 0) is 38.7 Å². The number of carbonyl (C=O) groups excluding carboxylic acids is 1. The summed E-state index contributed by atoms with van der Waals surface area (Å²) in [5.41, 5.74) is 1.08. The lowest BCUT2D eigenvalue weighted by atomic mass is 10.1. The van der Waals surface area contributed by atoms with Crippen LogP contribution in [0.5, 0.6) is 5.75 Å². The van der Waals surface area contributed by atoms with Gasteiger partial charge in [-0.2, -0.15) is 4.98 Å². The molecule has 0 unspecified atom stereocenters. The summed E-state index contributed by atoms with van der Waals surface area (Å²) < 4.78 is 15.6. The number of benzene rings is 1. The zero-order chi connectivity index (χ0) is 19.8. The standard InChI is InChI=1S/C19H28N4O4/c1-13(25-4)19-21-18(27-22-19)10-9-17(24)20-12-16(23(2)3)14-7-6-8-15(11-14)26-5/h6-8,11,13,16H,9-10,12H2,1-5H3,(H,20,24)/t13-,16-/m1/s1. The summed E-state index contributed by atoms with van der Waals surface area (Å²) in [6.45, 7) is 2.33. The van der Waals surface area contributed by atoms with Gasteiger partial charge in [-0.25, -0.2) is 0 Å². The molecule has 1 aromatic carbocycles. The van der Waals surface area contributed by atoms with E-state index in [0.29, 0.717) is 24.7 Å². The lowest BCUT2D eigenvalue weighted by Gasteiger charge is -2.25. The predicted octanol–water partition coefficient (Wildman–Crippen LogP) is 2.14. The Morgan fingerprint density at radius 2 is 2.11 bits per heavy atom. The highest BCUT2D eigenvalue weighted by Crippen LogP contribution is 2.22. The molecule has 1 amide bonds. The van der Waals surface area contributed by atoms with Gasteiger partial charge in [-0.3, -0.25) is 4.79 Å². The van der Waals surface area contributed by atoms with E-state index in [0.717, 1.165) is 11.3 Å². The van der Waals surface area contributed by atoms with Gasteiger partial charge in [0.15, 0.2) is 5.82 Å². The Kier molecular flexibility index (Phi) is 7.75. The van der Waals surface area contributed by atoms with Crippen LogP contribution in [0.2, 0.25) is 0 Å². The van der Waals surface area contributed by atoms with Gasteiger partial charge in [-0.1, -0.05) is 17.3 Å². The Hall–Kier alpha value is -2.45. The van der Waals surface area contributed by atoms with Crippen molar-refractivity contribution < 1.29 is 18.8 Å². The number of aryl methyl sites for hydroxylation is 1. The van der Waals surface area contributed by atoms with Crippen molar-refractivity contribution in [3.8, 4) is 5.75 Å². The number of hydrogen-bond acceptors (Lipinski definition) is 7. The van der Waals surface area contributed by atoms with E-state index >= 15 is 0 Å². The molecular formula is C19H28N4O4. The molecule has 148 valence electrons. The third kappa shape index (κ3) is 6.04. The van der Waals surface area contributed by atoms with Crippen LogP contribution >= 0.6 is 0 Å². The van der Waals surface area contributed by atoms with Crippen LogP contribution in [0.1, 0.15) is 42.8 Å². The lowest BCUT2D eigenvalue weighted by molar-refractivity contribution is -0.121. The van der Waals surface area contributed by atoms with Crippen LogP contribution in [-0.4, -0.2) is 55.8 Å². The van der Waals surface area contributed by atoms with Crippen molar-refractivity contribution in [2.75, 3.05) is 34.9 Å². The number of ether oxygens (including phenoxy) is 2. The second kappa shape index (κ2) is 10.0. The maximum absolute atomic E-state index is 12.2. The third-order valence-electron chi connectivity index (χ3n) is 4.36.